The van der Waals surface area contributed by atoms with Crippen LogP contribution in [0.5, 0.6) is 0 Å². The number of aromatic nitrogens is 1. The third-order valence-electron chi connectivity index (χ3n) is 5.47. The first-order chi connectivity index (χ1) is 11.0. The van der Waals surface area contributed by atoms with Crippen LogP contribution in [0.3, 0.4) is 0 Å². The molecule has 6 nitrogen and oxygen atoms in total. The number of methoxy groups -OCH3 is 2. The molecule has 1 amide bonds. The highest BCUT2D eigenvalue weighted by Gasteiger charge is 2.53. The van der Waals surface area contributed by atoms with Crippen molar-refractivity contribution >= 4 is 5.91 Å². The maximum absolute atomic E-state index is 12.9. The second-order valence-corrected chi connectivity index (χ2v) is 6.94. The number of hydrogen-bond donors (Lipinski definition) is 0. The zero-order valence-electron chi connectivity index (χ0n) is 14.4. The molecule has 2 fully saturated rings. The summed E-state index contributed by atoms with van der Waals surface area (Å²) in [5.74, 6) is 0.467. The lowest BCUT2D eigenvalue weighted by atomic mass is 9.79. The molecule has 0 aromatic carbocycles. The number of rotatable bonds is 4. The Bertz CT molecular complexity index is 571. The molecule has 0 radical (unpaired) electrons. The summed E-state index contributed by atoms with van der Waals surface area (Å²) in [4.78, 5) is 14.8. The van der Waals surface area contributed by atoms with Gasteiger partial charge in [0, 0.05) is 26.8 Å². The Morgan fingerprint density at radius 3 is 2.83 bits per heavy atom. The van der Waals surface area contributed by atoms with Gasteiger partial charge in [-0.15, -0.1) is 0 Å². The zero-order valence-corrected chi connectivity index (χ0v) is 14.4. The summed E-state index contributed by atoms with van der Waals surface area (Å²) in [6, 6.07) is 1.79. The summed E-state index contributed by atoms with van der Waals surface area (Å²) < 4.78 is 16.7. The van der Waals surface area contributed by atoms with Crippen molar-refractivity contribution in [2.45, 2.75) is 63.2 Å². The summed E-state index contributed by atoms with van der Waals surface area (Å²) in [7, 11) is 3.48. The molecule has 3 rings (SSSR count). The molecule has 1 aliphatic heterocycles. The monoisotopic (exact) mass is 322 g/mol. The summed E-state index contributed by atoms with van der Waals surface area (Å²) in [5.41, 5.74) is 0.565. The molecule has 128 valence electrons. The van der Waals surface area contributed by atoms with Gasteiger partial charge in [0.1, 0.15) is 0 Å². The minimum absolute atomic E-state index is 0.0336. The van der Waals surface area contributed by atoms with Crippen molar-refractivity contribution in [2.24, 2.45) is 0 Å². The summed E-state index contributed by atoms with van der Waals surface area (Å²) in [6.45, 7) is 4.75. The molecule has 0 spiro atoms. The van der Waals surface area contributed by atoms with Crippen molar-refractivity contribution < 1.29 is 18.8 Å². The van der Waals surface area contributed by atoms with E-state index in [1.165, 1.54) is 0 Å². The van der Waals surface area contributed by atoms with Crippen LogP contribution >= 0.6 is 0 Å². The summed E-state index contributed by atoms with van der Waals surface area (Å²) >= 11 is 0. The molecule has 2 heterocycles. The Morgan fingerprint density at radius 1 is 1.43 bits per heavy atom. The second-order valence-electron chi connectivity index (χ2n) is 6.94. The predicted octanol–water partition coefficient (Wildman–Crippen LogP) is 2.60. The number of ether oxygens (including phenoxy) is 2. The van der Waals surface area contributed by atoms with Gasteiger partial charge in [0.15, 0.2) is 0 Å². The van der Waals surface area contributed by atoms with E-state index in [2.05, 4.69) is 5.16 Å². The lowest BCUT2D eigenvalue weighted by Crippen LogP contribution is -2.53. The molecular formula is C17H26N2O4. The standard InChI is InChI=1S/C17H26N2O4/c1-11(2)13-10-14(23-18-13)16(20)19-8-7-17(22-4)6-5-12(21-3)9-15(17)19/h10-12,15H,5-9H2,1-4H3/t12?,15?,17-/m1/s1. The SMILES string of the molecule is COC1CC[C@@]2(OC)CCN(C(=O)c3cc(C(C)C)no3)C2C1. The van der Waals surface area contributed by atoms with Gasteiger partial charge in [0.05, 0.1) is 23.4 Å². The molecular weight excluding hydrogens is 296 g/mol. The number of carbonyl (C=O) groups excluding carboxylic acids is 1. The molecule has 23 heavy (non-hydrogen) atoms. The number of carbonyl (C=O) groups is 1. The van der Waals surface area contributed by atoms with Crippen LogP contribution in [0.2, 0.25) is 0 Å². The van der Waals surface area contributed by atoms with E-state index in [1.54, 1.807) is 20.3 Å². The largest absolute Gasteiger partial charge is 0.381 e. The Labute approximate surface area is 137 Å². The van der Waals surface area contributed by atoms with Crippen LogP contribution < -0.4 is 0 Å². The van der Waals surface area contributed by atoms with E-state index in [0.717, 1.165) is 31.4 Å². The van der Waals surface area contributed by atoms with E-state index in [0.29, 0.717) is 12.3 Å². The molecule has 1 aliphatic carbocycles. The Morgan fingerprint density at radius 2 is 2.22 bits per heavy atom. The van der Waals surface area contributed by atoms with Gasteiger partial charge in [-0.25, -0.2) is 0 Å². The van der Waals surface area contributed by atoms with Crippen LogP contribution in [0.15, 0.2) is 10.6 Å². The van der Waals surface area contributed by atoms with Crippen LogP contribution in [-0.2, 0) is 9.47 Å². The average molecular weight is 322 g/mol. The van der Waals surface area contributed by atoms with E-state index in [9.17, 15) is 4.79 Å². The molecule has 2 aliphatic rings. The molecule has 3 atom stereocenters. The highest BCUT2D eigenvalue weighted by molar-refractivity contribution is 5.92. The van der Waals surface area contributed by atoms with E-state index in [-0.39, 0.29) is 29.6 Å². The Hall–Kier alpha value is -1.40. The molecule has 1 saturated carbocycles. The van der Waals surface area contributed by atoms with Crippen LogP contribution in [0.1, 0.15) is 61.7 Å². The molecule has 0 bridgehead atoms. The smallest absolute Gasteiger partial charge is 0.292 e. The fourth-order valence-electron chi connectivity index (χ4n) is 3.92. The van der Waals surface area contributed by atoms with Crippen molar-refractivity contribution in [1.82, 2.24) is 10.1 Å². The van der Waals surface area contributed by atoms with Crippen molar-refractivity contribution in [3.8, 4) is 0 Å². The van der Waals surface area contributed by atoms with Gasteiger partial charge in [-0.2, -0.15) is 0 Å². The van der Waals surface area contributed by atoms with Crippen LogP contribution in [0.25, 0.3) is 0 Å². The van der Waals surface area contributed by atoms with Gasteiger partial charge in [-0.3, -0.25) is 4.79 Å². The van der Waals surface area contributed by atoms with E-state index >= 15 is 0 Å². The van der Waals surface area contributed by atoms with E-state index in [4.69, 9.17) is 14.0 Å². The second kappa shape index (κ2) is 6.24. The first-order valence-corrected chi connectivity index (χ1v) is 8.36. The van der Waals surface area contributed by atoms with Crippen LogP contribution in [-0.4, -0.2) is 54.5 Å². The Kier molecular flexibility index (Phi) is 4.47. The fourth-order valence-corrected chi connectivity index (χ4v) is 3.92. The Balaban J connectivity index is 1.82. The van der Waals surface area contributed by atoms with Gasteiger partial charge < -0.3 is 18.9 Å². The zero-order chi connectivity index (χ0) is 16.6. The molecule has 6 heteroatoms. The highest BCUT2D eigenvalue weighted by Crippen LogP contribution is 2.43. The fraction of sp³-hybridized carbons (Fsp3) is 0.765. The molecule has 1 saturated heterocycles. The first-order valence-electron chi connectivity index (χ1n) is 8.36. The van der Waals surface area contributed by atoms with Crippen LogP contribution in [0, 0.1) is 0 Å². The number of hydrogen-bond acceptors (Lipinski definition) is 5. The number of amides is 1. The minimum atomic E-state index is -0.244. The highest BCUT2D eigenvalue weighted by atomic mass is 16.5. The van der Waals surface area contributed by atoms with Crippen molar-refractivity contribution in [2.75, 3.05) is 20.8 Å². The van der Waals surface area contributed by atoms with Gasteiger partial charge >= 0.3 is 0 Å². The van der Waals surface area contributed by atoms with Gasteiger partial charge in [0.25, 0.3) is 5.91 Å². The third-order valence-corrected chi connectivity index (χ3v) is 5.47. The predicted molar refractivity (Wildman–Crippen MR) is 84.4 cm³/mol. The summed E-state index contributed by atoms with van der Waals surface area (Å²) in [5, 5.41) is 4.00. The maximum Gasteiger partial charge on any atom is 0.292 e. The van der Waals surface area contributed by atoms with Gasteiger partial charge in [-0.05, 0) is 31.6 Å². The maximum atomic E-state index is 12.9. The molecule has 1 aromatic rings. The average Bonchev–Trinajstić information content (AvgIpc) is 3.19. The first kappa shape index (κ1) is 16.5. The summed E-state index contributed by atoms with van der Waals surface area (Å²) in [6.07, 6.45) is 3.74. The van der Waals surface area contributed by atoms with Crippen molar-refractivity contribution in [3.63, 3.8) is 0 Å². The topological polar surface area (TPSA) is 64.8 Å². The lowest BCUT2D eigenvalue weighted by molar-refractivity contribution is -0.0896. The number of nitrogens with zero attached hydrogens (tertiary/aromatic N) is 2. The number of fused-ring (bicyclic) bond motifs is 1. The van der Waals surface area contributed by atoms with Gasteiger partial charge in [0.2, 0.25) is 5.76 Å². The van der Waals surface area contributed by atoms with Crippen LogP contribution in [0.4, 0.5) is 0 Å². The minimum Gasteiger partial charge on any atom is -0.381 e. The molecule has 1 aromatic heterocycles. The van der Waals surface area contributed by atoms with Crippen molar-refractivity contribution in [1.29, 1.82) is 0 Å². The molecule has 0 N–H and O–H groups in total. The van der Waals surface area contributed by atoms with Gasteiger partial charge in [-0.1, -0.05) is 19.0 Å². The normalized spacial score (nSPS) is 30.7. The molecule has 2 unspecified atom stereocenters. The van der Waals surface area contributed by atoms with E-state index < -0.39 is 0 Å². The quantitative estimate of drug-likeness (QED) is 0.852. The number of likely N-dealkylation sites (tertiary alicyclic amines) is 1. The van der Waals surface area contributed by atoms with E-state index in [1.807, 2.05) is 18.7 Å². The van der Waals surface area contributed by atoms with Crippen molar-refractivity contribution in [3.05, 3.63) is 17.5 Å². The lowest BCUT2D eigenvalue weighted by Gasteiger charge is -2.43. The third kappa shape index (κ3) is 2.78.